The molecular weight excluding hydrogens is 246 g/mol. The molecular formula is C14H19NO2S. The van der Waals surface area contributed by atoms with Gasteiger partial charge in [0.15, 0.2) is 0 Å². The summed E-state index contributed by atoms with van der Waals surface area (Å²) in [6.45, 7) is 0.359. The SMILES string of the molecule is O=C(/C=C/c1cccs1)NCC(O)C1CCCC1. The molecule has 2 N–H and O–H groups in total. The minimum absolute atomic E-state index is 0.138. The summed E-state index contributed by atoms with van der Waals surface area (Å²) in [6, 6.07) is 3.91. The minimum Gasteiger partial charge on any atom is -0.391 e. The molecule has 1 atom stereocenters. The van der Waals surface area contributed by atoms with Crippen molar-refractivity contribution in [2.45, 2.75) is 31.8 Å². The van der Waals surface area contributed by atoms with Gasteiger partial charge in [-0.2, -0.15) is 0 Å². The van der Waals surface area contributed by atoms with Crippen LogP contribution in [0.5, 0.6) is 0 Å². The van der Waals surface area contributed by atoms with Gasteiger partial charge in [-0.3, -0.25) is 4.79 Å². The van der Waals surface area contributed by atoms with E-state index in [0.717, 1.165) is 17.7 Å². The quantitative estimate of drug-likeness (QED) is 0.803. The van der Waals surface area contributed by atoms with Crippen molar-refractivity contribution < 1.29 is 9.90 Å². The maximum absolute atomic E-state index is 11.6. The maximum Gasteiger partial charge on any atom is 0.244 e. The summed E-state index contributed by atoms with van der Waals surface area (Å²) < 4.78 is 0. The molecule has 98 valence electrons. The number of carbonyl (C=O) groups excluding carboxylic acids is 1. The van der Waals surface area contributed by atoms with Crippen molar-refractivity contribution in [3.8, 4) is 0 Å². The van der Waals surface area contributed by atoms with Gasteiger partial charge in [0.25, 0.3) is 0 Å². The summed E-state index contributed by atoms with van der Waals surface area (Å²) in [6.07, 6.45) is 7.49. The number of thiophene rings is 1. The van der Waals surface area contributed by atoms with E-state index in [2.05, 4.69) is 5.32 Å². The fourth-order valence-corrected chi connectivity index (χ4v) is 2.93. The Labute approximate surface area is 112 Å². The van der Waals surface area contributed by atoms with Crippen molar-refractivity contribution >= 4 is 23.3 Å². The van der Waals surface area contributed by atoms with Gasteiger partial charge in [0.1, 0.15) is 0 Å². The number of rotatable bonds is 5. The maximum atomic E-state index is 11.6. The second-order valence-electron chi connectivity index (χ2n) is 4.71. The molecule has 0 saturated heterocycles. The Balaban J connectivity index is 1.71. The molecule has 1 amide bonds. The Kier molecular flexibility index (Phi) is 4.96. The molecule has 18 heavy (non-hydrogen) atoms. The smallest absolute Gasteiger partial charge is 0.244 e. The lowest BCUT2D eigenvalue weighted by atomic mass is 10.0. The van der Waals surface area contributed by atoms with E-state index in [1.807, 2.05) is 17.5 Å². The average molecular weight is 265 g/mol. The van der Waals surface area contributed by atoms with Gasteiger partial charge in [-0.05, 0) is 36.3 Å². The van der Waals surface area contributed by atoms with Crippen molar-refractivity contribution in [1.29, 1.82) is 0 Å². The first kappa shape index (κ1) is 13.3. The standard InChI is InChI=1S/C14H19NO2S/c16-13(11-4-1-2-5-11)10-15-14(17)8-7-12-6-3-9-18-12/h3,6-9,11,13,16H,1-2,4-5,10H2,(H,15,17)/b8-7+. The van der Waals surface area contributed by atoms with Crippen LogP contribution < -0.4 is 5.32 Å². The van der Waals surface area contributed by atoms with Gasteiger partial charge in [-0.25, -0.2) is 0 Å². The molecule has 0 aliphatic heterocycles. The summed E-state index contributed by atoms with van der Waals surface area (Å²) >= 11 is 1.59. The van der Waals surface area contributed by atoms with Gasteiger partial charge < -0.3 is 10.4 Å². The summed E-state index contributed by atoms with van der Waals surface area (Å²) in [5.41, 5.74) is 0. The second kappa shape index (κ2) is 6.71. The summed E-state index contributed by atoms with van der Waals surface area (Å²) in [4.78, 5) is 12.6. The van der Waals surface area contributed by atoms with Gasteiger partial charge in [-0.15, -0.1) is 11.3 Å². The van der Waals surface area contributed by atoms with Crippen LogP contribution >= 0.6 is 11.3 Å². The number of carbonyl (C=O) groups is 1. The van der Waals surface area contributed by atoms with E-state index in [9.17, 15) is 9.90 Å². The fraction of sp³-hybridized carbons (Fsp3) is 0.500. The van der Waals surface area contributed by atoms with E-state index in [1.54, 1.807) is 17.4 Å². The van der Waals surface area contributed by atoms with Crippen LogP contribution in [0.4, 0.5) is 0 Å². The molecule has 3 nitrogen and oxygen atoms in total. The first-order valence-electron chi connectivity index (χ1n) is 6.43. The normalized spacial score (nSPS) is 18.3. The Hall–Kier alpha value is -1.13. The van der Waals surface area contributed by atoms with Gasteiger partial charge in [0.05, 0.1) is 6.10 Å². The summed E-state index contributed by atoms with van der Waals surface area (Å²) in [5.74, 6) is 0.229. The topological polar surface area (TPSA) is 49.3 Å². The van der Waals surface area contributed by atoms with E-state index in [1.165, 1.54) is 18.9 Å². The van der Waals surface area contributed by atoms with Crippen molar-refractivity contribution in [2.24, 2.45) is 5.92 Å². The molecule has 0 radical (unpaired) electrons. The van der Waals surface area contributed by atoms with Crippen LogP contribution in [0.2, 0.25) is 0 Å². The monoisotopic (exact) mass is 265 g/mol. The highest BCUT2D eigenvalue weighted by molar-refractivity contribution is 7.10. The largest absolute Gasteiger partial charge is 0.391 e. The molecule has 1 fully saturated rings. The predicted octanol–water partition coefficient (Wildman–Crippen LogP) is 2.43. The molecule has 1 saturated carbocycles. The van der Waals surface area contributed by atoms with Crippen LogP contribution in [0.25, 0.3) is 6.08 Å². The molecule has 0 aromatic carbocycles. The zero-order valence-corrected chi connectivity index (χ0v) is 11.2. The van der Waals surface area contributed by atoms with Crippen molar-refractivity contribution in [3.05, 3.63) is 28.5 Å². The molecule has 4 heteroatoms. The highest BCUT2D eigenvalue weighted by Gasteiger charge is 2.22. The third kappa shape index (κ3) is 3.96. The minimum atomic E-state index is -0.397. The lowest BCUT2D eigenvalue weighted by Crippen LogP contribution is -2.34. The van der Waals surface area contributed by atoms with E-state index >= 15 is 0 Å². The Morgan fingerprint density at radius 1 is 1.56 bits per heavy atom. The van der Waals surface area contributed by atoms with Crippen molar-refractivity contribution in [2.75, 3.05) is 6.54 Å². The lowest BCUT2D eigenvalue weighted by molar-refractivity contribution is -0.117. The molecule has 0 spiro atoms. The van der Waals surface area contributed by atoms with E-state index in [4.69, 9.17) is 0 Å². The van der Waals surface area contributed by atoms with Crippen LogP contribution in [0, 0.1) is 5.92 Å². The third-order valence-corrected chi connectivity index (χ3v) is 4.21. The zero-order valence-electron chi connectivity index (χ0n) is 10.3. The van der Waals surface area contributed by atoms with Crippen LogP contribution in [0.3, 0.4) is 0 Å². The first-order chi connectivity index (χ1) is 8.75. The van der Waals surface area contributed by atoms with E-state index < -0.39 is 6.10 Å². The van der Waals surface area contributed by atoms with E-state index in [-0.39, 0.29) is 5.91 Å². The highest BCUT2D eigenvalue weighted by Crippen LogP contribution is 2.27. The molecule has 1 heterocycles. The van der Waals surface area contributed by atoms with Crippen LogP contribution in [0.1, 0.15) is 30.6 Å². The summed E-state index contributed by atoms with van der Waals surface area (Å²) in [5, 5.41) is 14.6. The van der Waals surface area contributed by atoms with Crippen molar-refractivity contribution in [3.63, 3.8) is 0 Å². The molecule has 1 aliphatic carbocycles. The number of nitrogens with one attached hydrogen (secondary N) is 1. The molecule has 1 aromatic heterocycles. The third-order valence-electron chi connectivity index (χ3n) is 3.37. The van der Waals surface area contributed by atoms with Crippen molar-refractivity contribution in [1.82, 2.24) is 5.32 Å². The van der Waals surface area contributed by atoms with Crippen LogP contribution in [-0.2, 0) is 4.79 Å². The predicted molar refractivity (Wildman–Crippen MR) is 74.3 cm³/mol. The fourth-order valence-electron chi connectivity index (χ4n) is 2.32. The van der Waals surface area contributed by atoms with E-state index in [0.29, 0.717) is 12.5 Å². The second-order valence-corrected chi connectivity index (χ2v) is 5.69. The van der Waals surface area contributed by atoms with Gasteiger partial charge in [0.2, 0.25) is 5.91 Å². The Bertz CT molecular complexity index is 394. The molecule has 1 aromatic rings. The number of hydrogen-bond acceptors (Lipinski definition) is 3. The number of hydrogen-bond donors (Lipinski definition) is 2. The molecule has 1 aliphatic rings. The van der Waals surface area contributed by atoms with Crippen LogP contribution in [0.15, 0.2) is 23.6 Å². The Morgan fingerprint density at radius 2 is 2.33 bits per heavy atom. The van der Waals surface area contributed by atoms with Gasteiger partial charge >= 0.3 is 0 Å². The average Bonchev–Trinajstić information content (AvgIpc) is 3.05. The first-order valence-corrected chi connectivity index (χ1v) is 7.31. The van der Waals surface area contributed by atoms with Crippen LogP contribution in [-0.4, -0.2) is 23.7 Å². The number of aliphatic hydroxyl groups is 1. The zero-order chi connectivity index (χ0) is 12.8. The highest BCUT2D eigenvalue weighted by atomic mass is 32.1. The molecule has 2 rings (SSSR count). The van der Waals surface area contributed by atoms with Gasteiger partial charge in [0, 0.05) is 17.5 Å². The number of aliphatic hydroxyl groups excluding tert-OH is 1. The lowest BCUT2D eigenvalue weighted by Gasteiger charge is -2.17. The number of amides is 1. The summed E-state index contributed by atoms with van der Waals surface area (Å²) in [7, 11) is 0. The van der Waals surface area contributed by atoms with Gasteiger partial charge in [-0.1, -0.05) is 18.9 Å². The molecule has 0 bridgehead atoms. The Morgan fingerprint density at radius 3 is 3.00 bits per heavy atom. The molecule has 1 unspecified atom stereocenters.